The lowest BCUT2D eigenvalue weighted by Crippen LogP contribution is -2.38. The van der Waals surface area contributed by atoms with E-state index in [1.54, 1.807) is 0 Å². The largest absolute Gasteiger partial charge is 0.313 e. The lowest BCUT2D eigenvalue weighted by Gasteiger charge is -2.24. The van der Waals surface area contributed by atoms with Crippen molar-refractivity contribution in [1.29, 1.82) is 0 Å². The fourth-order valence-electron chi connectivity index (χ4n) is 2.10. The van der Waals surface area contributed by atoms with Crippen molar-refractivity contribution in [3.8, 4) is 0 Å². The van der Waals surface area contributed by atoms with Crippen molar-refractivity contribution in [3.05, 3.63) is 22.4 Å². The Morgan fingerprint density at radius 1 is 1.39 bits per heavy atom. The summed E-state index contributed by atoms with van der Waals surface area (Å²) in [6, 6.07) is 5.88. The molecule has 18 heavy (non-hydrogen) atoms. The summed E-state index contributed by atoms with van der Waals surface area (Å²) < 4.78 is 0. The van der Waals surface area contributed by atoms with E-state index in [1.165, 1.54) is 24.3 Å². The van der Waals surface area contributed by atoms with Crippen molar-refractivity contribution in [3.63, 3.8) is 0 Å². The van der Waals surface area contributed by atoms with Gasteiger partial charge < -0.3 is 5.32 Å². The van der Waals surface area contributed by atoms with Crippen molar-refractivity contribution in [2.45, 2.75) is 52.2 Å². The van der Waals surface area contributed by atoms with Gasteiger partial charge in [0, 0.05) is 36.6 Å². The van der Waals surface area contributed by atoms with Crippen molar-refractivity contribution >= 4 is 11.3 Å². The zero-order valence-electron chi connectivity index (χ0n) is 11.9. The molecule has 0 aromatic carbocycles. The minimum atomic E-state index is 0.618. The monoisotopic (exact) mass is 266 g/mol. The molecule has 0 amide bonds. The number of thiophene rings is 1. The summed E-state index contributed by atoms with van der Waals surface area (Å²) in [5.41, 5.74) is 0. The molecule has 0 saturated heterocycles. The predicted octanol–water partition coefficient (Wildman–Crippen LogP) is 3.35. The average molecular weight is 266 g/mol. The summed E-state index contributed by atoms with van der Waals surface area (Å²) in [5, 5.41) is 5.82. The first-order chi connectivity index (χ1) is 8.66. The zero-order chi connectivity index (χ0) is 13.0. The van der Waals surface area contributed by atoms with Crippen LogP contribution >= 0.6 is 11.3 Å². The Morgan fingerprint density at radius 3 is 2.72 bits per heavy atom. The molecule has 0 spiro atoms. The van der Waals surface area contributed by atoms with Gasteiger partial charge in [0.15, 0.2) is 0 Å². The highest BCUT2D eigenvalue weighted by Crippen LogP contribution is 2.28. The van der Waals surface area contributed by atoms with Crippen LogP contribution in [0.2, 0.25) is 0 Å². The summed E-state index contributed by atoms with van der Waals surface area (Å²) in [7, 11) is 0. The van der Waals surface area contributed by atoms with E-state index in [0.29, 0.717) is 6.04 Å². The Labute approximate surface area is 115 Å². The van der Waals surface area contributed by atoms with Gasteiger partial charge in [-0.2, -0.15) is 0 Å². The van der Waals surface area contributed by atoms with Crippen molar-refractivity contribution < 1.29 is 0 Å². The van der Waals surface area contributed by atoms with Gasteiger partial charge in [-0.1, -0.05) is 19.9 Å². The smallest absolute Gasteiger partial charge is 0.0331 e. The standard InChI is InChI=1S/C15H26N2S/c1-12(2)13(3)16-8-9-17(14-6-7-14)11-15-5-4-10-18-15/h4-5,10,12-14,16H,6-9,11H2,1-3H3. The lowest BCUT2D eigenvalue weighted by molar-refractivity contribution is 0.249. The first-order valence-corrected chi connectivity index (χ1v) is 8.04. The van der Waals surface area contributed by atoms with Gasteiger partial charge in [0.05, 0.1) is 0 Å². The topological polar surface area (TPSA) is 15.3 Å². The third-order valence-corrected chi connectivity index (χ3v) is 4.73. The molecule has 0 radical (unpaired) electrons. The van der Waals surface area contributed by atoms with Crippen LogP contribution in [0.5, 0.6) is 0 Å². The summed E-state index contributed by atoms with van der Waals surface area (Å²) in [4.78, 5) is 4.14. The SMILES string of the molecule is CC(C)C(C)NCCN(Cc1cccs1)C1CC1. The minimum absolute atomic E-state index is 0.618. The van der Waals surface area contributed by atoms with Crippen LogP contribution in [0.1, 0.15) is 38.5 Å². The Kier molecular flexibility index (Phi) is 5.22. The molecule has 1 aromatic rings. The molecule has 1 heterocycles. The molecule has 102 valence electrons. The number of nitrogens with one attached hydrogen (secondary N) is 1. The third-order valence-electron chi connectivity index (χ3n) is 3.87. The van der Waals surface area contributed by atoms with Crippen LogP contribution in [-0.2, 0) is 6.54 Å². The number of rotatable bonds is 8. The van der Waals surface area contributed by atoms with E-state index >= 15 is 0 Å². The second-order valence-electron chi connectivity index (χ2n) is 5.77. The quantitative estimate of drug-likeness (QED) is 0.776. The van der Waals surface area contributed by atoms with Gasteiger partial charge in [-0.15, -0.1) is 11.3 Å². The second kappa shape index (κ2) is 6.69. The number of hydrogen-bond donors (Lipinski definition) is 1. The predicted molar refractivity (Wildman–Crippen MR) is 80.1 cm³/mol. The Bertz CT molecular complexity index is 330. The number of nitrogens with zero attached hydrogens (tertiary/aromatic N) is 1. The van der Waals surface area contributed by atoms with Crippen molar-refractivity contribution in [1.82, 2.24) is 10.2 Å². The van der Waals surface area contributed by atoms with Gasteiger partial charge in [-0.25, -0.2) is 0 Å². The molecule has 3 heteroatoms. The Morgan fingerprint density at radius 2 is 2.17 bits per heavy atom. The van der Waals surface area contributed by atoms with Gasteiger partial charge in [-0.3, -0.25) is 4.90 Å². The first kappa shape index (κ1) is 14.0. The molecule has 2 nitrogen and oxygen atoms in total. The molecule has 0 aliphatic heterocycles. The molecular weight excluding hydrogens is 240 g/mol. The molecular formula is C15H26N2S. The van der Waals surface area contributed by atoms with Crippen LogP contribution in [0.3, 0.4) is 0 Å². The van der Waals surface area contributed by atoms with Gasteiger partial charge in [-0.05, 0) is 37.1 Å². The van der Waals surface area contributed by atoms with Crippen LogP contribution in [-0.4, -0.2) is 30.1 Å². The Balaban J connectivity index is 1.73. The maximum atomic E-state index is 3.64. The summed E-state index contributed by atoms with van der Waals surface area (Å²) in [6.07, 6.45) is 2.79. The van der Waals surface area contributed by atoms with E-state index in [2.05, 4.69) is 48.5 Å². The minimum Gasteiger partial charge on any atom is -0.313 e. The van der Waals surface area contributed by atoms with E-state index in [-0.39, 0.29) is 0 Å². The molecule has 2 rings (SSSR count). The van der Waals surface area contributed by atoms with Gasteiger partial charge >= 0.3 is 0 Å². The average Bonchev–Trinajstić information content (AvgIpc) is 3.06. The molecule has 1 saturated carbocycles. The fraction of sp³-hybridized carbons (Fsp3) is 0.733. The Hall–Kier alpha value is -0.380. The van der Waals surface area contributed by atoms with E-state index < -0.39 is 0 Å². The third kappa shape index (κ3) is 4.38. The molecule has 1 aromatic heterocycles. The van der Waals surface area contributed by atoms with Gasteiger partial charge in [0.1, 0.15) is 0 Å². The van der Waals surface area contributed by atoms with Crippen molar-refractivity contribution in [2.75, 3.05) is 13.1 Å². The maximum Gasteiger partial charge on any atom is 0.0331 e. The van der Waals surface area contributed by atoms with E-state index in [4.69, 9.17) is 0 Å². The first-order valence-electron chi connectivity index (χ1n) is 7.16. The molecule has 1 unspecified atom stereocenters. The normalized spacial score (nSPS) is 17.6. The summed E-state index contributed by atoms with van der Waals surface area (Å²) in [5.74, 6) is 0.719. The molecule has 0 bridgehead atoms. The number of hydrogen-bond acceptors (Lipinski definition) is 3. The van der Waals surface area contributed by atoms with Crippen LogP contribution in [0, 0.1) is 5.92 Å². The zero-order valence-corrected chi connectivity index (χ0v) is 12.7. The van der Waals surface area contributed by atoms with Crippen LogP contribution in [0.4, 0.5) is 0 Å². The van der Waals surface area contributed by atoms with Gasteiger partial charge in [0.2, 0.25) is 0 Å². The lowest BCUT2D eigenvalue weighted by atomic mass is 10.1. The molecule has 1 aliphatic carbocycles. The summed E-state index contributed by atoms with van der Waals surface area (Å²) >= 11 is 1.88. The highest BCUT2D eigenvalue weighted by molar-refractivity contribution is 7.09. The van der Waals surface area contributed by atoms with E-state index in [9.17, 15) is 0 Å². The molecule has 1 atom stereocenters. The van der Waals surface area contributed by atoms with Crippen LogP contribution in [0.25, 0.3) is 0 Å². The van der Waals surface area contributed by atoms with E-state index in [1.807, 2.05) is 11.3 Å². The molecule has 1 fully saturated rings. The van der Waals surface area contributed by atoms with Crippen molar-refractivity contribution in [2.24, 2.45) is 5.92 Å². The second-order valence-corrected chi connectivity index (χ2v) is 6.80. The van der Waals surface area contributed by atoms with Crippen LogP contribution < -0.4 is 5.32 Å². The molecule has 1 aliphatic rings. The van der Waals surface area contributed by atoms with E-state index in [0.717, 1.165) is 25.0 Å². The highest BCUT2D eigenvalue weighted by Gasteiger charge is 2.28. The maximum absolute atomic E-state index is 3.64. The highest BCUT2D eigenvalue weighted by atomic mass is 32.1. The van der Waals surface area contributed by atoms with Gasteiger partial charge in [0.25, 0.3) is 0 Å². The van der Waals surface area contributed by atoms with Crippen LogP contribution in [0.15, 0.2) is 17.5 Å². The molecule has 1 N–H and O–H groups in total. The fourth-order valence-corrected chi connectivity index (χ4v) is 2.83. The summed E-state index contributed by atoms with van der Waals surface area (Å²) in [6.45, 7) is 10.3.